The van der Waals surface area contributed by atoms with Gasteiger partial charge < -0.3 is 40.5 Å². The summed E-state index contributed by atoms with van der Waals surface area (Å²) in [5, 5.41) is 30.6. The number of ether oxygens (including phenoxy) is 2. The summed E-state index contributed by atoms with van der Waals surface area (Å²) in [6, 6.07) is 21.2. The Morgan fingerprint density at radius 3 is 2.51 bits per heavy atom. The van der Waals surface area contributed by atoms with E-state index in [0.29, 0.717) is 40.9 Å². The number of methoxy groups -OCH3 is 1. The number of benzene rings is 3. The zero-order chi connectivity index (χ0) is 41.3. The average Bonchev–Trinajstić information content (AvgIpc) is 3.66. The van der Waals surface area contributed by atoms with Crippen LogP contribution >= 0.6 is 0 Å². The highest BCUT2D eigenvalue weighted by atomic mass is 16.5. The van der Waals surface area contributed by atoms with Gasteiger partial charge in [0.2, 0.25) is 11.8 Å². The van der Waals surface area contributed by atoms with Gasteiger partial charge >= 0.3 is 12.0 Å². The van der Waals surface area contributed by atoms with Crippen LogP contribution in [-0.4, -0.2) is 87.4 Å². The van der Waals surface area contributed by atoms with Crippen molar-refractivity contribution in [2.24, 2.45) is 11.8 Å². The van der Waals surface area contributed by atoms with E-state index in [2.05, 4.69) is 22.5 Å². The van der Waals surface area contributed by atoms with Crippen LogP contribution in [0, 0.1) is 11.8 Å². The number of rotatable bonds is 13. The molecule has 0 spiro atoms. The number of aliphatic hydroxyl groups is 1. The number of aromatic nitrogens is 1. The van der Waals surface area contributed by atoms with Crippen LogP contribution in [0.1, 0.15) is 68.5 Å². The maximum absolute atomic E-state index is 14.6. The third-order valence-corrected chi connectivity index (χ3v) is 12.6. The maximum Gasteiger partial charge on any atom is 0.330 e. The zero-order valence-electron chi connectivity index (χ0n) is 33.1. The molecule has 0 unspecified atom stereocenters. The Bertz CT molecular complexity index is 2250. The van der Waals surface area contributed by atoms with E-state index in [4.69, 9.17) is 14.5 Å². The van der Waals surface area contributed by atoms with E-state index in [-0.39, 0.29) is 25.3 Å². The molecule has 5 N–H and O–H groups in total. The molecule has 0 bridgehead atoms. The van der Waals surface area contributed by atoms with Crippen LogP contribution in [0.4, 0.5) is 4.79 Å². The molecular formula is C46H51N5O8. The molecule has 3 fully saturated rings. The van der Waals surface area contributed by atoms with Gasteiger partial charge in [-0.15, -0.1) is 6.58 Å². The molecular weight excluding hydrogens is 751 g/mol. The minimum Gasteiger partial charge on any atom is -0.497 e. The summed E-state index contributed by atoms with van der Waals surface area (Å²) in [4.78, 5) is 61.7. The number of aliphatic hydroxyl groups excluding tert-OH is 1. The number of fused-ring (bicyclic) bond motifs is 2. The van der Waals surface area contributed by atoms with Crippen LogP contribution in [0.5, 0.6) is 11.5 Å². The molecule has 4 amide bonds. The number of carbonyl (C=O) groups is 4. The highest BCUT2D eigenvalue weighted by molar-refractivity contribution is 5.95. The third-order valence-electron chi connectivity index (χ3n) is 12.6. The number of nitrogens with zero attached hydrogens (tertiary/aromatic N) is 2. The normalized spacial score (nSPS) is 25.4. The Labute approximate surface area is 343 Å². The topological polar surface area (TPSA) is 179 Å². The summed E-state index contributed by atoms with van der Waals surface area (Å²) in [5.74, 6) is -1.38. The van der Waals surface area contributed by atoms with Crippen LogP contribution in [0.25, 0.3) is 22.2 Å². The summed E-state index contributed by atoms with van der Waals surface area (Å²) < 4.78 is 12.2. The van der Waals surface area contributed by atoms with Crippen LogP contribution in [0.2, 0.25) is 0 Å². The van der Waals surface area contributed by atoms with E-state index in [9.17, 15) is 29.4 Å². The molecule has 59 heavy (non-hydrogen) atoms. The first-order valence-corrected chi connectivity index (χ1v) is 20.6. The Balaban J connectivity index is 1.09. The number of carbonyl (C=O) groups excluding carboxylic acids is 3. The molecule has 1 aliphatic heterocycles. The summed E-state index contributed by atoms with van der Waals surface area (Å²) in [7, 11) is 1.58. The van der Waals surface area contributed by atoms with Crippen molar-refractivity contribution in [3.05, 3.63) is 103 Å². The first kappa shape index (κ1) is 39.9. The second-order valence-corrected chi connectivity index (χ2v) is 16.4. The van der Waals surface area contributed by atoms with E-state index in [1.165, 1.54) is 11.0 Å². The first-order valence-electron chi connectivity index (χ1n) is 20.6. The fraction of sp³-hybridized carbons (Fsp3) is 0.413. The second kappa shape index (κ2) is 16.7. The van der Waals surface area contributed by atoms with Crippen LogP contribution in [0.3, 0.4) is 0 Å². The van der Waals surface area contributed by atoms with Gasteiger partial charge in [-0.05, 0) is 42.0 Å². The molecule has 308 valence electrons. The molecule has 8 rings (SSSR count). The number of hydrogen-bond donors (Lipinski definition) is 5. The van der Waals surface area contributed by atoms with Crippen molar-refractivity contribution in [1.82, 2.24) is 25.8 Å². The third kappa shape index (κ3) is 8.21. The highest BCUT2D eigenvalue weighted by Gasteiger charge is 2.61. The lowest BCUT2D eigenvalue weighted by Gasteiger charge is -2.31. The van der Waals surface area contributed by atoms with E-state index in [1.807, 2.05) is 72.8 Å². The zero-order valence-corrected chi connectivity index (χ0v) is 33.1. The average molecular weight is 802 g/mol. The number of nitrogens with one attached hydrogen (secondary N) is 3. The van der Waals surface area contributed by atoms with Gasteiger partial charge in [0.15, 0.2) is 0 Å². The van der Waals surface area contributed by atoms with Crippen molar-refractivity contribution < 1.29 is 38.9 Å². The Morgan fingerprint density at radius 1 is 1.02 bits per heavy atom. The number of carboxylic acid groups (broad SMARTS) is 1. The molecule has 0 radical (unpaired) electrons. The second-order valence-electron chi connectivity index (χ2n) is 16.4. The first-order chi connectivity index (χ1) is 28.6. The number of likely N-dealkylation sites (tertiary alicyclic amines) is 1. The number of aliphatic carboxylic acids is 1. The summed E-state index contributed by atoms with van der Waals surface area (Å²) in [5.41, 5.74) is 2.43. The van der Waals surface area contributed by atoms with E-state index < -0.39 is 65.6 Å². The molecule has 1 aromatic heterocycles. The Hall–Kier alpha value is -5.95. The smallest absolute Gasteiger partial charge is 0.330 e. The number of urea groups is 1. The minimum atomic E-state index is -1.52. The predicted molar refractivity (Wildman–Crippen MR) is 221 cm³/mol. The quantitative estimate of drug-likeness (QED) is 0.106. The minimum absolute atomic E-state index is 0.0258. The van der Waals surface area contributed by atoms with E-state index >= 15 is 0 Å². The SMILES string of the molecule is C=C[C@@H]1C[C@]1(NC(=O)[C@@H]1C[C@@H](Oc2cc(-c3ccccc3)nc3cc(OC)ccc23)CN1C(=O)N[C@@H](CC1CCCCC1)C(=O)N[C@H]1c2ccccc2C[C@H]1O)C(=O)O. The number of pyridine rings is 1. The van der Waals surface area contributed by atoms with Crippen LogP contribution in [0.15, 0.2) is 91.5 Å². The largest absolute Gasteiger partial charge is 0.497 e. The van der Waals surface area contributed by atoms with Crippen molar-refractivity contribution in [3.8, 4) is 22.8 Å². The van der Waals surface area contributed by atoms with Gasteiger partial charge in [0, 0.05) is 41.8 Å². The van der Waals surface area contributed by atoms with Crippen molar-refractivity contribution in [3.63, 3.8) is 0 Å². The van der Waals surface area contributed by atoms with Gasteiger partial charge in [-0.1, -0.05) is 92.8 Å². The maximum atomic E-state index is 14.6. The fourth-order valence-electron chi connectivity index (χ4n) is 9.23. The monoisotopic (exact) mass is 801 g/mol. The van der Waals surface area contributed by atoms with Gasteiger partial charge in [0.25, 0.3) is 0 Å². The highest BCUT2D eigenvalue weighted by Crippen LogP contribution is 2.45. The van der Waals surface area contributed by atoms with Gasteiger partial charge in [0.1, 0.15) is 35.2 Å². The summed E-state index contributed by atoms with van der Waals surface area (Å²) in [6.45, 7) is 3.72. The molecule has 2 saturated carbocycles. The lowest BCUT2D eigenvalue weighted by atomic mass is 9.84. The van der Waals surface area contributed by atoms with Gasteiger partial charge in [-0.3, -0.25) is 9.59 Å². The molecule has 13 nitrogen and oxygen atoms in total. The van der Waals surface area contributed by atoms with Crippen molar-refractivity contribution in [1.29, 1.82) is 0 Å². The van der Waals surface area contributed by atoms with Gasteiger partial charge in [0.05, 0.1) is 37.0 Å². The van der Waals surface area contributed by atoms with Crippen molar-refractivity contribution in [2.45, 2.75) is 93.7 Å². The van der Waals surface area contributed by atoms with Crippen LogP contribution < -0.4 is 25.4 Å². The van der Waals surface area contributed by atoms with E-state index in [1.54, 1.807) is 13.2 Å². The number of amides is 4. The fourth-order valence-corrected chi connectivity index (χ4v) is 9.23. The number of carboxylic acids is 1. The molecule has 7 atom stereocenters. The predicted octanol–water partition coefficient (Wildman–Crippen LogP) is 5.70. The van der Waals surface area contributed by atoms with Crippen molar-refractivity contribution in [2.75, 3.05) is 13.7 Å². The van der Waals surface area contributed by atoms with Gasteiger partial charge in [-0.25, -0.2) is 14.6 Å². The molecule has 1 saturated heterocycles. The Kier molecular flexibility index (Phi) is 11.3. The van der Waals surface area contributed by atoms with Gasteiger partial charge in [-0.2, -0.15) is 0 Å². The summed E-state index contributed by atoms with van der Waals surface area (Å²) >= 11 is 0. The molecule has 13 heteroatoms. The Morgan fingerprint density at radius 2 is 1.78 bits per heavy atom. The lowest BCUT2D eigenvalue weighted by molar-refractivity contribution is -0.144. The molecule has 2 heterocycles. The van der Waals surface area contributed by atoms with Crippen LogP contribution in [-0.2, 0) is 20.8 Å². The molecule has 3 aliphatic carbocycles. The van der Waals surface area contributed by atoms with Crippen molar-refractivity contribution >= 4 is 34.7 Å². The molecule has 3 aromatic carbocycles. The molecule has 4 aromatic rings. The number of hydrogen-bond acceptors (Lipinski definition) is 8. The summed E-state index contributed by atoms with van der Waals surface area (Å²) in [6.07, 6.45) is 6.09. The lowest BCUT2D eigenvalue weighted by Crippen LogP contribution is -2.57. The standard InChI is InChI=1S/C46H51N5O8/c1-3-30-25-46(30,44(55)56)50-43(54)38-23-32(59-40-24-35(28-14-8-5-9-15-28)47-36-22-31(58-2)18-19-34(36)40)26-51(38)45(57)48-37(20-27-12-6-4-7-13-27)42(53)49-41-33-17-11-10-16-29(33)21-39(41)52/h3,5,8-11,14-19,22,24,27,30,32,37-39,41,52H,1,4,6-7,12-13,20-21,23,25-26H2,2H3,(H,48,57)(H,49,53)(H,50,54)(H,55,56)/t30-,32-,37+,38+,39-,41+,46-/m1/s1. The molecule has 4 aliphatic rings. The van der Waals surface area contributed by atoms with E-state index in [0.717, 1.165) is 48.8 Å².